The number of pyridine rings is 1. The van der Waals surface area contributed by atoms with Crippen LogP contribution in [0.25, 0.3) is 0 Å². The fraction of sp³-hybridized carbons (Fsp3) is 0.217. The van der Waals surface area contributed by atoms with Crippen LogP contribution in [0.3, 0.4) is 0 Å². The Hall–Kier alpha value is -3.34. The minimum atomic E-state index is -0.165. The second kappa shape index (κ2) is 9.04. The van der Waals surface area contributed by atoms with Crippen LogP contribution in [0.4, 0.5) is 11.5 Å². The summed E-state index contributed by atoms with van der Waals surface area (Å²) in [6.45, 7) is 4.70. The summed E-state index contributed by atoms with van der Waals surface area (Å²) in [4.78, 5) is 16.8. The molecule has 2 aromatic carbocycles. The molecule has 28 heavy (non-hydrogen) atoms. The molecule has 144 valence electrons. The van der Waals surface area contributed by atoms with Crippen molar-refractivity contribution in [2.24, 2.45) is 0 Å². The lowest BCUT2D eigenvalue weighted by atomic mass is 10.1. The molecule has 0 fully saturated rings. The summed E-state index contributed by atoms with van der Waals surface area (Å²) in [5.41, 5.74) is 4.62. The van der Waals surface area contributed by atoms with E-state index >= 15 is 0 Å². The minimum absolute atomic E-state index is 0.165. The Morgan fingerprint density at radius 2 is 1.89 bits per heavy atom. The van der Waals surface area contributed by atoms with Crippen molar-refractivity contribution in [3.05, 3.63) is 83.0 Å². The third-order valence-corrected chi connectivity index (χ3v) is 4.56. The van der Waals surface area contributed by atoms with Crippen molar-refractivity contribution in [3.8, 4) is 5.75 Å². The van der Waals surface area contributed by atoms with Gasteiger partial charge >= 0.3 is 0 Å². The number of carbonyl (C=O) groups excluding carboxylic acids is 1. The number of carbonyl (C=O) groups is 1. The standard InChI is InChI=1S/C23H25N3O2/c1-16-8-9-17(2)20(14-16)26-23(27)19-10-11-22(25-15-19)24-13-12-18-6-4-5-7-21(18)28-3/h4-11,14-15H,12-13H2,1-3H3,(H,24,25)(H,26,27). The molecule has 5 heteroatoms. The molecule has 3 aromatic rings. The molecule has 1 amide bonds. The Morgan fingerprint density at radius 3 is 2.64 bits per heavy atom. The first-order chi connectivity index (χ1) is 13.6. The van der Waals surface area contributed by atoms with Gasteiger partial charge in [0, 0.05) is 18.4 Å². The second-order valence-corrected chi connectivity index (χ2v) is 6.69. The van der Waals surface area contributed by atoms with Crippen molar-refractivity contribution in [1.29, 1.82) is 0 Å². The molecule has 3 rings (SSSR count). The van der Waals surface area contributed by atoms with Gasteiger partial charge in [-0.05, 0) is 61.2 Å². The molecule has 0 atom stereocenters. The molecule has 0 radical (unpaired) electrons. The van der Waals surface area contributed by atoms with E-state index in [0.717, 1.165) is 46.9 Å². The van der Waals surface area contributed by atoms with Gasteiger partial charge in [-0.1, -0.05) is 30.3 Å². The number of ether oxygens (including phenoxy) is 1. The molecular formula is C23H25N3O2. The second-order valence-electron chi connectivity index (χ2n) is 6.69. The lowest BCUT2D eigenvalue weighted by molar-refractivity contribution is 0.102. The number of para-hydroxylation sites is 1. The van der Waals surface area contributed by atoms with Gasteiger partial charge < -0.3 is 15.4 Å². The molecular weight excluding hydrogens is 350 g/mol. The van der Waals surface area contributed by atoms with Crippen LogP contribution >= 0.6 is 0 Å². The maximum absolute atomic E-state index is 12.5. The summed E-state index contributed by atoms with van der Waals surface area (Å²) in [6.07, 6.45) is 2.41. The largest absolute Gasteiger partial charge is 0.496 e. The molecule has 2 N–H and O–H groups in total. The van der Waals surface area contributed by atoms with E-state index in [4.69, 9.17) is 4.74 Å². The van der Waals surface area contributed by atoms with Gasteiger partial charge in [-0.15, -0.1) is 0 Å². The van der Waals surface area contributed by atoms with Crippen LogP contribution in [0, 0.1) is 13.8 Å². The van der Waals surface area contributed by atoms with E-state index < -0.39 is 0 Å². The lowest BCUT2D eigenvalue weighted by Crippen LogP contribution is -2.14. The lowest BCUT2D eigenvalue weighted by Gasteiger charge is -2.11. The first-order valence-electron chi connectivity index (χ1n) is 9.27. The van der Waals surface area contributed by atoms with Gasteiger partial charge in [0.2, 0.25) is 0 Å². The number of hydrogen-bond donors (Lipinski definition) is 2. The van der Waals surface area contributed by atoms with Crippen LogP contribution in [0.5, 0.6) is 5.75 Å². The fourth-order valence-electron chi connectivity index (χ4n) is 2.93. The first kappa shape index (κ1) is 19.4. The zero-order valence-corrected chi connectivity index (χ0v) is 16.5. The highest BCUT2D eigenvalue weighted by Crippen LogP contribution is 2.19. The van der Waals surface area contributed by atoms with E-state index in [1.165, 1.54) is 0 Å². The number of amides is 1. The molecule has 0 bridgehead atoms. The number of methoxy groups -OCH3 is 1. The third kappa shape index (κ3) is 4.88. The smallest absolute Gasteiger partial charge is 0.257 e. The highest BCUT2D eigenvalue weighted by atomic mass is 16.5. The number of aromatic nitrogens is 1. The summed E-state index contributed by atoms with van der Waals surface area (Å²) in [5.74, 6) is 1.45. The van der Waals surface area contributed by atoms with Gasteiger partial charge in [0.1, 0.15) is 11.6 Å². The summed E-state index contributed by atoms with van der Waals surface area (Å²) in [7, 11) is 1.68. The van der Waals surface area contributed by atoms with Crippen molar-refractivity contribution in [1.82, 2.24) is 4.98 Å². The number of nitrogens with one attached hydrogen (secondary N) is 2. The van der Waals surface area contributed by atoms with E-state index in [2.05, 4.69) is 21.7 Å². The summed E-state index contributed by atoms with van der Waals surface area (Å²) in [5, 5.41) is 6.23. The van der Waals surface area contributed by atoms with Gasteiger partial charge in [0.05, 0.1) is 12.7 Å². The molecule has 0 unspecified atom stereocenters. The average molecular weight is 375 g/mol. The fourth-order valence-corrected chi connectivity index (χ4v) is 2.93. The van der Waals surface area contributed by atoms with Crippen LogP contribution in [-0.4, -0.2) is 24.5 Å². The van der Waals surface area contributed by atoms with Crippen LogP contribution in [0.2, 0.25) is 0 Å². The topological polar surface area (TPSA) is 63.2 Å². The quantitative estimate of drug-likeness (QED) is 0.633. The number of benzene rings is 2. The van der Waals surface area contributed by atoms with Crippen LogP contribution in [0.15, 0.2) is 60.8 Å². The van der Waals surface area contributed by atoms with E-state index in [0.29, 0.717) is 5.56 Å². The average Bonchev–Trinajstić information content (AvgIpc) is 2.71. The zero-order valence-electron chi connectivity index (χ0n) is 16.5. The molecule has 0 saturated carbocycles. The van der Waals surface area contributed by atoms with E-state index in [1.807, 2.05) is 56.3 Å². The highest BCUT2D eigenvalue weighted by Gasteiger charge is 2.09. The van der Waals surface area contributed by atoms with Gasteiger partial charge in [-0.3, -0.25) is 4.79 Å². The van der Waals surface area contributed by atoms with Crippen molar-refractivity contribution >= 4 is 17.4 Å². The Bertz CT molecular complexity index is 952. The maximum atomic E-state index is 12.5. The van der Waals surface area contributed by atoms with E-state index in [1.54, 1.807) is 19.4 Å². The minimum Gasteiger partial charge on any atom is -0.496 e. The molecule has 5 nitrogen and oxygen atoms in total. The van der Waals surface area contributed by atoms with Crippen molar-refractivity contribution in [2.45, 2.75) is 20.3 Å². The van der Waals surface area contributed by atoms with Crippen molar-refractivity contribution in [3.63, 3.8) is 0 Å². The molecule has 1 heterocycles. The molecule has 0 spiro atoms. The van der Waals surface area contributed by atoms with Crippen LogP contribution in [0.1, 0.15) is 27.0 Å². The summed E-state index contributed by atoms with van der Waals surface area (Å²) < 4.78 is 5.37. The molecule has 0 aliphatic carbocycles. The van der Waals surface area contributed by atoms with E-state index in [-0.39, 0.29) is 5.91 Å². The number of aryl methyl sites for hydroxylation is 2. The highest BCUT2D eigenvalue weighted by molar-refractivity contribution is 6.04. The van der Waals surface area contributed by atoms with Gasteiger partial charge in [0.25, 0.3) is 5.91 Å². The van der Waals surface area contributed by atoms with Crippen molar-refractivity contribution < 1.29 is 9.53 Å². The number of anilines is 2. The summed E-state index contributed by atoms with van der Waals surface area (Å²) >= 11 is 0. The van der Waals surface area contributed by atoms with Crippen LogP contribution < -0.4 is 15.4 Å². The molecule has 0 saturated heterocycles. The zero-order chi connectivity index (χ0) is 19.9. The molecule has 1 aromatic heterocycles. The molecule has 0 aliphatic heterocycles. The Kier molecular flexibility index (Phi) is 6.27. The van der Waals surface area contributed by atoms with Gasteiger partial charge in [-0.2, -0.15) is 0 Å². The van der Waals surface area contributed by atoms with Gasteiger partial charge in [0.15, 0.2) is 0 Å². The van der Waals surface area contributed by atoms with Crippen LogP contribution in [-0.2, 0) is 6.42 Å². The third-order valence-electron chi connectivity index (χ3n) is 4.56. The Balaban J connectivity index is 1.57. The predicted octanol–water partition coefficient (Wildman–Crippen LogP) is 4.61. The first-order valence-corrected chi connectivity index (χ1v) is 9.27. The monoisotopic (exact) mass is 375 g/mol. The number of hydrogen-bond acceptors (Lipinski definition) is 4. The summed E-state index contributed by atoms with van der Waals surface area (Å²) in [6, 6.07) is 17.5. The normalized spacial score (nSPS) is 10.4. The number of rotatable bonds is 7. The maximum Gasteiger partial charge on any atom is 0.257 e. The Labute approximate surface area is 165 Å². The van der Waals surface area contributed by atoms with Gasteiger partial charge in [-0.25, -0.2) is 4.98 Å². The molecule has 0 aliphatic rings. The van der Waals surface area contributed by atoms with Crippen molar-refractivity contribution in [2.75, 3.05) is 24.3 Å². The SMILES string of the molecule is COc1ccccc1CCNc1ccc(C(=O)Nc2cc(C)ccc2C)cn1. The number of nitrogens with zero attached hydrogens (tertiary/aromatic N) is 1. The van der Waals surface area contributed by atoms with E-state index in [9.17, 15) is 4.79 Å². The predicted molar refractivity (Wildman–Crippen MR) is 113 cm³/mol. The Morgan fingerprint density at radius 1 is 1.07 bits per heavy atom.